The molecule has 12 aromatic rings. The molecule has 0 atom stereocenters. The Balaban J connectivity index is 0.000000186. The zero-order valence-electron chi connectivity index (χ0n) is 32.3. The van der Waals surface area contributed by atoms with Crippen LogP contribution in [0.1, 0.15) is 17.0 Å². The fraction of sp³-hybridized carbons (Fsp3) is 0.0370. The molecule has 59 heavy (non-hydrogen) atoms. The molecule has 0 amide bonds. The summed E-state index contributed by atoms with van der Waals surface area (Å²) in [5.41, 5.74) is 15.3. The molecule has 0 saturated heterocycles. The third-order valence-electron chi connectivity index (χ3n) is 11.9. The first-order valence-corrected chi connectivity index (χ1v) is 20.1. The monoisotopic (exact) mass is 756 g/mol. The number of aryl methyl sites for hydroxylation is 1. The maximum atomic E-state index is 6.77. The van der Waals surface area contributed by atoms with Crippen molar-refractivity contribution in [3.05, 3.63) is 205 Å². The first kappa shape index (κ1) is 33.4. The van der Waals surface area contributed by atoms with Gasteiger partial charge in [-0.1, -0.05) is 133 Å². The van der Waals surface area contributed by atoms with Gasteiger partial charge in [0.2, 0.25) is 0 Å². The lowest BCUT2D eigenvalue weighted by molar-refractivity contribution is 0.468. The minimum absolute atomic E-state index is 0.808. The van der Waals surface area contributed by atoms with Crippen LogP contribution >= 0.6 is 0 Å². The van der Waals surface area contributed by atoms with E-state index < -0.39 is 0 Å². The molecule has 1 aliphatic rings. The van der Waals surface area contributed by atoms with Gasteiger partial charge in [0.15, 0.2) is 5.75 Å². The summed E-state index contributed by atoms with van der Waals surface area (Å²) in [6, 6.07) is 66.5. The largest absolute Gasteiger partial charge is 0.454 e. The highest BCUT2D eigenvalue weighted by Crippen LogP contribution is 2.48. The second-order valence-corrected chi connectivity index (χ2v) is 15.4. The molecule has 13 rings (SSSR count). The number of hydrogen-bond acceptors (Lipinski definition) is 3. The third-order valence-corrected chi connectivity index (χ3v) is 11.9. The molecule has 1 aliphatic heterocycles. The number of nitrogens with zero attached hydrogens (tertiary/aromatic N) is 4. The Morgan fingerprint density at radius 1 is 0.475 bits per heavy atom. The molecule has 0 aliphatic carbocycles. The van der Waals surface area contributed by atoms with E-state index in [1.165, 1.54) is 66.0 Å². The van der Waals surface area contributed by atoms with Crippen molar-refractivity contribution in [3.8, 4) is 39.6 Å². The molecule has 6 heterocycles. The van der Waals surface area contributed by atoms with E-state index in [0.29, 0.717) is 0 Å². The number of fused-ring (bicyclic) bond motifs is 11. The summed E-state index contributed by atoms with van der Waals surface area (Å²) in [7, 11) is 0. The first-order chi connectivity index (χ1) is 29.2. The SMILES string of the molecule is Cc1nc(-c2ccccc2)c2ccccc2n1.c1ccc(-n2c3ccccc3c3cc(-c4ccc5c(c4)Oc4c(c6c7ccccc7c7cccc4n76)C5)ccc32)cc1. The van der Waals surface area contributed by atoms with Crippen LogP contribution in [0.4, 0.5) is 0 Å². The van der Waals surface area contributed by atoms with Crippen LogP contribution in [0.2, 0.25) is 0 Å². The molecule has 0 bridgehead atoms. The smallest absolute Gasteiger partial charge is 0.157 e. The Kier molecular flexibility index (Phi) is 7.44. The van der Waals surface area contributed by atoms with Crippen molar-refractivity contribution in [2.24, 2.45) is 0 Å². The second kappa shape index (κ2) is 13.2. The highest BCUT2D eigenvalue weighted by molar-refractivity contribution is 6.13. The Labute approximate surface area is 340 Å². The minimum Gasteiger partial charge on any atom is -0.454 e. The van der Waals surface area contributed by atoms with Gasteiger partial charge in [-0.15, -0.1) is 0 Å². The van der Waals surface area contributed by atoms with Gasteiger partial charge in [-0.25, -0.2) is 9.97 Å². The van der Waals surface area contributed by atoms with Gasteiger partial charge in [0.05, 0.1) is 38.8 Å². The number of benzene rings is 7. The van der Waals surface area contributed by atoms with Crippen molar-refractivity contribution in [1.29, 1.82) is 0 Å². The lowest BCUT2D eigenvalue weighted by Gasteiger charge is -2.19. The predicted molar refractivity (Wildman–Crippen MR) is 242 cm³/mol. The van der Waals surface area contributed by atoms with Gasteiger partial charge < -0.3 is 13.7 Å². The minimum atomic E-state index is 0.808. The topological polar surface area (TPSA) is 44.3 Å². The molecule has 0 unspecified atom stereocenters. The Morgan fingerprint density at radius 3 is 1.93 bits per heavy atom. The van der Waals surface area contributed by atoms with Crippen LogP contribution in [-0.2, 0) is 6.42 Å². The normalized spacial score (nSPS) is 12.2. The molecule has 0 N–H and O–H groups in total. The van der Waals surface area contributed by atoms with Gasteiger partial charge in [0.25, 0.3) is 0 Å². The molecule has 5 nitrogen and oxygen atoms in total. The van der Waals surface area contributed by atoms with Crippen molar-refractivity contribution >= 4 is 60.0 Å². The molecule has 0 fully saturated rings. The number of hydrogen-bond donors (Lipinski definition) is 0. The van der Waals surface area contributed by atoms with E-state index in [0.717, 1.165) is 57.0 Å². The van der Waals surface area contributed by atoms with Crippen LogP contribution in [0.15, 0.2) is 188 Å². The molecular formula is C54H36N4O. The lowest BCUT2D eigenvalue weighted by atomic mass is 9.96. The third kappa shape index (κ3) is 5.25. The van der Waals surface area contributed by atoms with E-state index in [9.17, 15) is 0 Å². The predicted octanol–water partition coefficient (Wildman–Crippen LogP) is 13.7. The fourth-order valence-corrected chi connectivity index (χ4v) is 9.30. The van der Waals surface area contributed by atoms with Gasteiger partial charge in [-0.3, -0.25) is 0 Å². The average molecular weight is 757 g/mol. The zero-order valence-corrected chi connectivity index (χ0v) is 32.3. The number of para-hydroxylation sites is 3. The molecule has 0 radical (unpaired) electrons. The van der Waals surface area contributed by atoms with Crippen LogP contribution < -0.4 is 4.74 Å². The van der Waals surface area contributed by atoms with Gasteiger partial charge >= 0.3 is 0 Å². The summed E-state index contributed by atoms with van der Waals surface area (Å²) in [5.74, 6) is 2.75. The van der Waals surface area contributed by atoms with Gasteiger partial charge in [-0.05, 0) is 78.2 Å². The second-order valence-electron chi connectivity index (χ2n) is 15.4. The molecule has 7 aromatic carbocycles. The molecule has 278 valence electrons. The maximum absolute atomic E-state index is 6.77. The first-order valence-electron chi connectivity index (χ1n) is 20.1. The number of rotatable bonds is 3. The van der Waals surface area contributed by atoms with Crippen LogP contribution in [0, 0.1) is 6.92 Å². The molecular weight excluding hydrogens is 721 g/mol. The van der Waals surface area contributed by atoms with Crippen LogP contribution in [-0.4, -0.2) is 18.9 Å². The van der Waals surface area contributed by atoms with E-state index in [4.69, 9.17) is 4.74 Å². The van der Waals surface area contributed by atoms with Gasteiger partial charge in [-0.2, -0.15) is 0 Å². The Bertz CT molecular complexity index is 3570. The van der Waals surface area contributed by atoms with E-state index in [1.807, 2.05) is 43.3 Å². The standard InChI is InChI=1S/C39H24N2O.C15H12N2/c1-2-9-27(10-3-1)40-33-14-7-6-12-29(33)31-21-24(19-20-35(31)40)25-17-18-26-22-32-38-30-13-5-4-11-28(30)34-15-8-16-36(41(34)38)39(32)42-37(26)23-25;1-11-16-14-10-6-5-9-13(14)15(17-11)12-7-3-2-4-8-12/h1-21,23H,22H2;2-10H,1H3. The van der Waals surface area contributed by atoms with Crippen LogP contribution in [0.5, 0.6) is 11.5 Å². The van der Waals surface area contributed by atoms with Crippen molar-refractivity contribution in [2.75, 3.05) is 0 Å². The number of aromatic nitrogens is 4. The van der Waals surface area contributed by atoms with Crippen LogP contribution in [0.3, 0.4) is 0 Å². The number of ether oxygens (including phenoxy) is 1. The Morgan fingerprint density at radius 2 is 1.10 bits per heavy atom. The van der Waals surface area contributed by atoms with E-state index in [-0.39, 0.29) is 0 Å². The lowest BCUT2D eigenvalue weighted by Crippen LogP contribution is -2.01. The molecule has 0 saturated carbocycles. The number of pyridine rings is 1. The van der Waals surface area contributed by atoms with E-state index >= 15 is 0 Å². The maximum Gasteiger partial charge on any atom is 0.157 e. The summed E-state index contributed by atoms with van der Waals surface area (Å²) < 4.78 is 11.5. The molecule has 5 aromatic heterocycles. The highest BCUT2D eigenvalue weighted by Gasteiger charge is 2.28. The summed E-state index contributed by atoms with van der Waals surface area (Å²) in [5, 5.41) is 6.21. The van der Waals surface area contributed by atoms with Crippen molar-refractivity contribution in [1.82, 2.24) is 18.9 Å². The van der Waals surface area contributed by atoms with E-state index in [2.05, 4.69) is 171 Å². The highest BCUT2D eigenvalue weighted by atomic mass is 16.5. The summed E-state index contributed by atoms with van der Waals surface area (Å²) in [4.78, 5) is 9.01. The quantitative estimate of drug-likeness (QED) is 0.180. The van der Waals surface area contributed by atoms with Crippen molar-refractivity contribution in [2.45, 2.75) is 13.3 Å². The summed E-state index contributed by atoms with van der Waals surface area (Å²) >= 11 is 0. The van der Waals surface area contributed by atoms with Gasteiger partial charge in [0, 0.05) is 50.2 Å². The average Bonchev–Trinajstić information content (AvgIpc) is 3.93. The molecule has 5 heteroatoms. The van der Waals surface area contributed by atoms with Crippen molar-refractivity contribution < 1.29 is 4.74 Å². The van der Waals surface area contributed by atoms with Crippen molar-refractivity contribution in [3.63, 3.8) is 0 Å². The van der Waals surface area contributed by atoms with Gasteiger partial charge in [0.1, 0.15) is 11.6 Å². The zero-order chi connectivity index (χ0) is 39.0. The Hall–Kier alpha value is -7.76. The summed E-state index contributed by atoms with van der Waals surface area (Å²) in [6.07, 6.45) is 0.860. The molecule has 0 spiro atoms. The summed E-state index contributed by atoms with van der Waals surface area (Å²) in [6.45, 7) is 1.93. The fourth-order valence-electron chi connectivity index (χ4n) is 9.30. The van der Waals surface area contributed by atoms with E-state index in [1.54, 1.807) is 0 Å². The van der Waals surface area contributed by atoms with Crippen LogP contribution in [0.25, 0.3) is 88.1 Å².